The van der Waals surface area contributed by atoms with E-state index in [0.29, 0.717) is 29.6 Å². The summed E-state index contributed by atoms with van der Waals surface area (Å²) in [6.45, 7) is 0. The molecule has 0 fully saturated rings. The van der Waals surface area contributed by atoms with E-state index in [9.17, 15) is 0 Å². The molecule has 1 aliphatic rings. The van der Waals surface area contributed by atoms with Gasteiger partial charge in [-0.05, 0) is 35.8 Å². The van der Waals surface area contributed by atoms with Crippen molar-refractivity contribution in [3.05, 3.63) is 149 Å². The van der Waals surface area contributed by atoms with Gasteiger partial charge in [0.1, 0.15) is 29.1 Å². The third-order valence-electron chi connectivity index (χ3n) is 7.86. The van der Waals surface area contributed by atoms with Crippen LogP contribution in [0, 0.1) is 0 Å². The number of hydrogen-bond donors (Lipinski definition) is 2. The standard InChI is InChI=1S/C32H23N7O3S/c1-2-5-20(6-3-1)19-32(23-7-4-15-40-23)27(22-9-16-42-39-22)24(21-8-10-37-38-21)25(29-33-11-12-34-29)26(31-36-14-18-43-31)28(32)30-35-13-17-41-30/h1-18,27H,19H2,(H,33,34)(H,37,38). The Morgan fingerprint density at radius 3 is 2.47 bits per heavy atom. The largest absolute Gasteiger partial charge is 0.468 e. The number of furan rings is 1. The Hall–Kier alpha value is -5.55. The maximum Gasteiger partial charge on any atom is 0.223 e. The van der Waals surface area contributed by atoms with E-state index in [-0.39, 0.29) is 0 Å². The Morgan fingerprint density at radius 2 is 1.79 bits per heavy atom. The fourth-order valence-corrected chi connectivity index (χ4v) is 7.03. The van der Waals surface area contributed by atoms with E-state index in [0.717, 1.165) is 38.6 Å². The molecule has 2 atom stereocenters. The number of imidazole rings is 1. The van der Waals surface area contributed by atoms with Crippen molar-refractivity contribution in [2.75, 3.05) is 0 Å². The van der Waals surface area contributed by atoms with Crippen LogP contribution < -0.4 is 0 Å². The van der Waals surface area contributed by atoms with Crippen molar-refractivity contribution >= 4 is 33.6 Å². The van der Waals surface area contributed by atoms with E-state index >= 15 is 0 Å². The molecule has 210 valence electrons. The molecule has 0 spiro atoms. The average molecular weight is 586 g/mol. The zero-order valence-corrected chi connectivity index (χ0v) is 23.4. The number of aromatic amines is 2. The van der Waals surface area contributed by atoms with Crippen LogP contribution in [0.4, 0.5) is 0 Å². The Labute approximate surface area is 248 Å². The van der Waals surface area contributed by atoms with Gasteiger partial charge < -0.3 is 18.3 Å². The molecular formula is C32H23N7O3S. The fraction of sp³-hybridized carbons (Fsp3) is 0.0938. The Bertz CT molecular complexity index is 1980. The quantitative estimate of drug-likeness (QED) is 0.202. The Kier molecular flexibility index (Phi) is 6.08. The second kappa shape index (κ2) is 10.4. The number of hydrogen-bond acceptors (Lipinski definition) is 9. The molecule has 1 aliphatic carbocycles. The summed E-state index contributed by atoms with van der Waals surface area (Å²) >= 11 is 1.53. The van der Waals surface area contributed by atoms with Crippen LogP contribution in [0.3, 0.4) is 0 Å². The molecule has 0 saturated heterocycles. The minimum Gasteiger partial charge on any atom is -0.468 e. The molecule has 10 nitrogen and oxygen atoms in total. The smallest absolute Gasteiger partial charge is 0.223 e. The Balaban J connectivity index is 1.61. The number of allylic oxidation sites excluding steroid dienone is 4. The number of nitrogens with one attached hydrogen (secondary N) is 2. The lowest BCUT2D eigenvalue weighted by Crippen LogP contribution is -2.41. The molecule has 11 heteroatoms. The second-order valence-corrected chi connectivity index (χ2v) is 11.0. The van der Waals surface area contributed by atoms with Gasteiger partial charge in [-0.25, -0.2) is 15.0 Å². The number of H-pyrrole nitrogens is 2. The summed E-state index contributed by atoms with van der Waals surface area (Å²) in [4.78, 5) is 17.7. The van der Waals surface area contributed by atoms with E-state index in [1.807, 2.05) is 47.8 Å². The molecule has 0 amide bonds. The molecule has 6 aromatic heterocycles. The van der Waals surface area contributed by atoms with Crippen molar-refractivity contribution in [3.63, 3.8) is 0 Å². The van der Waals surface area contributed by atoms with E-state index in [1.54, 1.807) is 49.8 Å². The molecule has 2 unspecified atom stereocenters. The Morgan fingerprint density at radius 1 is 0.837 bits per heavy atom. The lowest BCUT2D eigenvalue weighted by molar-refractivity contribution is 0.352. The number of rotatable bonds is 8. The summed E-state index contributed by atoms with van der Waals surface area (Å²) < 4.78 is 18.1. The predicted molar refractivity (Wildman–Crippen MR) is 159 cm³/mol. The lowest BCUT2D eigenvalue weighted by Gasteiger charge is -2.45. The van der Waals surface area contributed by atoms with Crippen LogP contribution in [-0.4, -0.2) is 35.3 Å². The maximum atomic E-state index is 6.41. The van der Waals surface area contributed by atoms with Gasteiger partial charge in [0.2, 0.25) is 5.89 Å². The third-order valence-corrected chi connectivity index (χ3v) is 8.65. The summed E-state index contributed by atoms with van der Waals surface area (Å²) in [6, 6.07) is 18.1. The zero-order valence-electron chi connectivity index (χ0n) is 22.5. The highest BCUT2D eigenvalue weighted by atomic mass is 32.1. The molecule has 0 aliphatic heterocycles. The first kappa shape index (κ1) is 25.2. The minimum atomic E-state index is -0.954. The first-order valence-corrected chi connectivity index (χ1v) is 14.5. The van der Waals surface area contributed by atoms with Gasteiger partial charge in [0.15, 0.2) is 0 Å². The van der Waals surface area contributed by atoms with E-state index in [4.69, 9.17) is 28.3 Å². The number of aromatic nitrogens is 7. The van der Waals surface area contributed by atoms with Crippen LogP contribution in [0.1, 0.15) is 45.4 Å². The minimum absolute atomic E-state index is 0.443. The normalized spacial score (nSPS) is 18.9. The maximum absolute atomic E-state index is 6.41. The number of thiazole rings is 1. The van der Waals surface area contributed by atoms with Gasteiger partial charge in [0.25, 0.3) is 0 Å². The summed E-state index contributed by atoms with van der Waals surface area (Å²) in [6.07, 6.45) is 14.1. The van der Waals surface area contributed by atoms with Gasteiger partial charge in [-0.1, -0.05) is 35.5 Å². The van der Waals surface area contributed by atoms with Crippen molar-refractivity contribution in [1.82, 2.24) is 35.3 Å². The molecule has 8 rings (SSSR count). The van der Waals surface area contributed by atoms with Gasteiger partial charge in [0, 0.05) is 58.9 Å². The van der Waals surface area contributed by atoms with Crippen molar-refractivity contribution < 1.29 is 13.4 Å². The summed E-state index contributed by atoms with van der Waals surface area (Å²) in [5, 5.41) is 14.9. The zero-order chi connectivity index (χ0) is 28.6. The molecule has 7 aromatic rings. The molecule has 6 heterocycles. The van der Waals surface area contributed by atoms with E-state index in [2.05, 4.69) is 32.5 Å². The monoisotopic (exact) mass is 585 g/mol. The molecule has 43 heavy (non-hydrogen) atoms. The highest BCUT2D eigenvalue weighted by Crippen LogP contribution is 2.63. The van der Waals surface area contributed by atoms with Gasteiger partial charge in [0.05, 0.1) is 29.3 Å². The SMILES string of the molecule is c1ccc(CC2(c3ccco3)C(c3ncco3)=C(c3nccs3)C(c3ncc[nH]3)=C(c3ccn[nH]3)C2c2ccon2)cc1. The first-order valence-electron chi connectivity index (χ1n) is 13.6. The van der Waals surface area contributed by atoms with Crippen LogP contribution in [0.2, 0.25) is 0 Å². The average Bonchev–Trinajstić information content (AvgIpc) is 3.87. The summed E-state index contributed by atoms with van der Waals surface area (Å²) in [5.41, 5.74) is 4.96. The summed E-state index contributed by atoms with van der Waals surface area (Å²) in [7, 11) is 0. The van der Waals surface area contributed by atoms with Crippen LogP contribution in [0.25, 0.3) is 22.3 Å². The molecule has 2 N–H and O–H groups in total. The molecule has 0 radical (unpaired) electrons. The summed E-state index contributed by atoms with van der Waals surface area (Å²) in [5.74, 6) is 1.32. The van der Waals surface area contributed by atoms with Crippen LogP contribution in [-0.2, 0) is 11.8 Å². The lowest BCUT2D eigenvalue weighted by atomic mass is 9.55. The van der Waals surface area contributed by atoms with Crippen molar-refractivity contribution in [2.24, 2.45) is 0 Å². The van der Waals surface area contributed by atoms with Crippen molar-refractivity contribution in [2.45, 2.75) is 17.8 Å². The van der Waals surface area contributed by atoms with Crippen LogP contribution >= 0.6 is 11.3 Å². The highest BCUT2D eigenvalue weighted by Gasteiger charge is 2.57. The van der Waals surface area contributed by atoms with Crippen LogP contribution in [0.5, 0.6) is 0 Å². The van der Waals surface area contributed by atoms with Crippen molar-refractivity contribution in [1.29, 1.82) is 0 Å². The first-order chi connectivity index (χ1) is 21.3. The molecule has 0 bridgehead atoms. The predicted octanol–water partition coefficient (Wildman–Crippen LogP) is 6.66. The van der Waals surface area contributed by atoms with Gasteiger partial charge >= 0.3 is 0 Å². The number of nitrogens with zero attached hydrogens (tertiary/aromatic N) is 5. The van der Waals surface area contributed by atoms with Gasteiger partial charge in [-0.2, -0.15) is 5.10 Å². The second-order valence-electron chi connectivity index (χ2n) is 10.1. The molecule has 0 saturated carbocycles. The van der Waals surface area contributed by atoms with Gasteiger partial charge in [-0.3, -0.25) is 5.10 Å². The molecule has 1 aromatic carbocycles. The fourth-order valence-electron chi connectivity index (χ4n) is 6.33. The third kappa shape index (κ3) is 4.04. The molecular weight excluding hydrogens is 562 g/mol. The van der Waals surface area contributed by atoms with E-state index in [1.165, 1.54) is 11.3 Å². The number of oxazole rings is 1. The van der Waals surface area contributed by atoms with Gasteiger partial charge in [-0.15, -0.1) is 11.3 Å². The topological polar surface area (TPSA) is 135 Å². The highest BCUT2D eigenvalue weighted by molar-refractivity contribution is 7.11. The van der Waals surface area contributed by atoms with Crippen molar-refractivity contribution in [3.8, 4) is 0 Å². The van der Waals surface area contributed by atoms with E-state index < -0.39 is 11.3 Å². The number of benzene rings is 1. The van der Waals surface area contributed by atoms with Crippen LogP contribution in [0.15, 0.2) is 123 Å².